The molecule has 1 saturated heterocycles. The van der Waals surface area contributed by atoms with Crippen LogP contribution in [0.2, 0.25) is 0 Å². The summed E-state index contributed by atoms with van der Waals surface area (Å²) < 4.78 is 14.3. The third kappa shape index (κ3) is 3.27. The van der Waals surface area contributed by atoms with Gasteiger partial charge in [-0.05, 0) is 37.0 Å². The summed E-state index contributed by atoms with van der Waals surface area (Å²) in [7, 11) is 0. The molecule has 130 valence electrons. The third-order valence-electron chi connectivity index (χ3n) is 4.79. The average Bonchev–Trinajstić information content (AvgIpc) is 2.61. The Bertz CT molecular complexity index is 771. The number of aryl methyl sites for hydroxylation is 1. The molecule has 0 aromatic heterocycles. The van der Waals surface area contributed by atoms with E-state index in [9.17, 15) is 19.1 Å². The lowest BCUT2D eigenvalue weighted by Gasteiger charge is -2.40. The molecule has 0 saturated carbocycles. The minimum Gasteiger partial charge on any atom is -0.481 e. The number of benzene rings is 2. The molecule has 25 heavy (non-hydrogen) atoms. The molecule has 0 spiro atoms. The molecule has 3 rings (SSSR count). The van der Waals surface area contributed by atoms with Crippen molar-refractivity contribution >= 4 is 11.9 Å². The fourth-order valence-corrected chi connectivity index (χ4v) is 3.59. The van der Waals surface area contributed by atoms with Crippen molar-refractivity contribution in [3.05, 3.63) is 71.0 Å². The van der Waals surface area contributed by atoms with Gasteiger partial charge in [0, 0.05) is 6.54 Å². The lowest BCUT2D eigenvalue weighted by atomic mass is 9.84. The largest absolute Gasteiger partial charge is 0.481 e. The second-order valence-corrected chi connectivity index (χ2v) is 6.37. The summed E-state index contributed by atoms with van der Waals surface area (Å²) in [5.41, 5.74) is 1.33. The lowest BCUT2D eigenvalue weighted by molar-refractivity contribution is -0.145. The van der Waals surface area contributed by atoms with Gasteiger partial charge >= 0.3 is 5.97 Å². The van der Waals surface area contributed by atoms with Crippen LogP contribution in [0.3, 0.4) is 0 Å². The molecule has 5 heteroatoms. The van der Waals surface area contributed by atoms with Crippen LogP contribution >= 0.6 is 0 Å². The minimum absolute atomic E-state index is 0.0227. The number of carbonyl (C=O) groups is 2. The van der Waals surface area contributed by atoms with Crippen LogP contribution in [-0.4, -0.2) is 28.4 Å². The number of nitrogens with zero attached hydrogens (tertiary/aromatic N) is 1. The number of hydrogen-bond donors (Lipinski definition) is 1. The highest BCUT2D eigenvalue weighted by atomic mass is 19.1. The van der Waals surface area contributed by atoms with Crippen LogP contribution in [0, 0.1) is 18.7 Å². The maximum Gasteiger partial charge on any atom is 0.308 e. The molecular weight excluding hydrogens is 321 g/mol. The Kier molecular flexibility index (Phi) is 4.83. The lowest BCUT2D eigenvalue weighted by Crippen LogP contribution is -2.45. The summed E-state index contributed by atoms with van der Waals surface area (Å²) in [5, 5.41) is 9.64. The maximum absolute atomic E-state index is 14.3. The number of rotatable bonds is 3. The molecule has 4 nitrogen and oxygen atoms in total. The molecule has 1 N–H and O–H groups in total. The first kappa shape index (κ1) is 17.1. The van der Waals surface area contributed by atoms with Gasteiger partial charge in [-0.15, -0.1) is 0 Å². The van der Waals surface area contributed by atoms with Crippen molar-refractivity contribution in [2.24, 2.45) is 5.92 Å². The molecule has 0 bridgehead atoms. The number of carboxylic acids is 1. The summed E-state index contributed by atoms with van der Waals surface area (Å²) in [6, 6.07) is 13.0. The monoisotopic (exact) mass is 341 g/mol. The zero-order valence-corrected chi connectivity index (χ0v) is 14.0. The zero-order valence-electron chi connectivity index (χ0n) is 14.0. The summed E-state index contributed by atoms with van der Waals surface area (Å²) in [5.74, 6) is -2.66. The van der Waals surface area contributed by atoms with E-state index in [0.717, 1.165) is 5.56 Å². The number of amides is 1. The number of hydrogen-bond acceptors (Lipinski definition) is 2. The number of likely N-dealkylation sites (tertiary alicyclic amines) is 1. The van der Waals surface area contributed by atoms with Crippen molar-refractivity contribution in [1.29, 1.82) is 0 Å². The molecule has 1 heterocycles. The van der Waals surface area contributed by atoms with Crippen molar-refractivity contribution in [3.8, 4) is 0 Å². The predicted octanol–water partition coefficient (Wildman–Crippen LogP) is 3.81. The molecule has 2 aromatic rings. The standard InChI is InChI=1S/C20H20FNO3/c1-13-7-5-11-16(21)17(13)19(23)22-12-6-10-15(20(24)25)18(22)14-8-3-2-4-9-14/h2-5,7-9,11,15,18H,6,10,12H2,1H3,(H,24,25)/t15?,18-/m0/s1. The second-order valence-electron chi connectivity index (χ2n) is 6.37. The van der Waals surface area contributed by atoms with Crippen LogP contribution < -0.4 is 0 Å². The Morgan fingerprint density at radius 2 is 1.84 bits per heavy atom. The van der Waals surface area contributed by atoms with Gasteiger partial charge in [-0.3, -0.25) is 9.59 Å². The van der Waals surface area contributed by atoms with Gasteiger partial charge in [0.2, 0.25) is 0 Å². The molecule has 1 fully saturated rings. The molecule has 1 aliphatic rings. The first-order valence-corrected chi connectivity index (χ1v) is 8.34. The molecule has 1 unspecified atom stereocenters. The molecule has 0 aliphatic carbocycles. The van der Waals surface area contributed by atoms with Crippen LogP contribution in [0.15, 0.2) is 48.5 Å². The van der Waals surface area contributed by atoms with Crippen LogP contribution in [0.25, 0.3) is 0 Å². The number of carbonyl (C=O) groups excluding carboxylic acids is 1. The van der Waals surface area contributed by atoms with E-state index < -0.39 is 29.7 Å². The highest BCUT2D eigenvalue weighted by molar-refractivity contribution is 5.96. The SMILES string of the molecule is Cc1cccc(F)c1C(=O)N1CCCC(C(=O)O)[C@@H]1c1ccccc1. The Morgan fingerprint density at radius 1 is 1.12 bits per heavy atom. The summed E-state index contributed by atoms with van der Waals surface area (Å²) >= 11 is 0. The van der Waals surface area contributed by atoms with E-state index in [1.54, 1.807) is 19.1 Å². The van der Waals surface area contributed by atoms with E-state index in [4.69, 9.17) is 0 Å². The highest BCUT2D eigenvalue weighted by Crippen LogP contribution is 2.37. The molecule has 1 aliphatic heterocycles. The average molecular weight is 341 g/mol. The normalized spacial score (nSPS) is 20.3. The second kappa shape index (κ2) is 7.05. The van der Waals surface area contributed by atoms with Gasteiger partial charge in [-0.1, -0.05) is 42.5 Å². The van der Waals surface area contributed by atoms with Gasteiger partial charge in [0.05, 0.1) is 17.5 Å². The van der Waals surface area contributed by atoms with Gasteiger partial charge in [0.1, 0.15) is 5.82 Å². The molecule has 0 radical (unpaired) electrons. The Labute approximate surface area is 145 Å². The summed E-state index contributed by atoms with van der Waals surface area (Å²) in [4.78, 5) is 26.4. The Hall–Kier alpha value is -2.69. The van der Waals surface area contributed by atoms with E-state index in [2.05, 4.69) is 0 Å². The van der Waals surface area contributed by atoms with Gasteiger partial charge in [0.15, 0.2) is 0 Å². The van der Waals surface area contributed by atoms with E-state index in [-0.39, 0.29) is 5.56 Å². The quantitative estimate of drug-likeness (QED) is 0.923. The summed E-state index contributed by atoms with van der Waals surface area (Å²) in [6.07, 6.45) is 1.08. The molecule has 2 atom stereocenters. The van der Waals surface area contributed by atoms with Crippen molar-refractivity contribution in [3.63, 3.8) is 0 Å². The van der Waals surface area contributed by atoms with Crippen molar-refractivity contribution in [2.45, 2.75) is 25.8 Å². The van der Waals surface area contributed by atoms with Crippen LogP contribution in [-0.2, 0) is 4.79 Å². The van der Waals surface area contributed by atoms with Gasteiger partial charge < -0.3 is 10.0 Å². The first-order chi connectivity index (χ1) is 12.0. The van der Waals surface area contributed by atoms with Crippen molar-refractivity contribution < 1.29 is 19.1 Å². The van der Waals surface area contributed by atoms with Gasteiger partial charge in [0.25, 0.3) is 5.91 Å². The zero-order chi connectivity index (χ0) is 18.0. The topological polar surface area (TPSA) is 57.6 Å². The molecular formula is C20H20FNO3. The fourth-order valence-electron chi connectivity index (χ4n) is 3.59. The van der Waals surface area contributed by atoms with Gasteiger partial charge in [-0.2, -0.15) is 0 Å². The van der Waals surface area contributed by atoms with E-state index >= 15 is 0 Å². The van der Waals surface area contributed by atoms with Crippen molar-refractivity contribution in [2.75, 3.05) is 6.54 Å². The fraction of sp³-hybridized carbons (Fsp3) is 0.300. The molecule has 1 amide bonds. The number of halogens is 1. The van der Waals surface area contributed by atoms with Crippen molar-refractivity contribution in [1.82, 2.24) is 4.90 Å². The Balaban J connectivity index is 2.05. The number of carboxylic acid groups (broad SMARTS) is 1. The third-order valence-corrected chi connectivity index (χ3v) is 4.79. The van der Waals surface area contributed by atoms with Crippen LogP contribution in [0.1, 0.15) is 40.4 Å². The number of aliphatic carboxylic acids is 1. The Morgan fingerprint density at radius 3 is 2.48 bits per heavy atom. The number of piperidine rings is 1. The summed E-state index contributed by atoms with van der Waals surface area (Å²) in [6.45, 7) is 2.10. The smallest absolute Gasteiger partial charge is 0.308 e. The van der Waals surface area contributed by atoms with E-state index in [0.29, 0.717) is 24.9 Å². The molecule has 2 aromatic carbocycles. The van der Waals surface area contributed by atoms with Gasteiger partial charge in [-0.25, -0.2) is 4.39 Å². The van der Waals surface area contributed by atoms with E-state index in [1.807, 2.05) is 30.3 Å². The highest BCUT2D eigenvalue weighted by Gasteiger charge is 2.40. The first-order valence-electron chi connectivity index (χ1n) is 8.34. The van der Waals surface area contributed by atoms with Crippen LogP contribution in [0.5, 0.6) is 0 Å². The minimum atomic E-state index is -0.934. The maximum atomic E-state index is 14.3. The van der Waals surface area contributed by atoms with Crippen LogP contribution in [0.4, 0.5) is 4.39 Å². The predicted molar refractivity (Wildman–Crippen MR) is 91.7 cm³/mol. The van der Waals surface area contributed by atoms with E-state index in [1.165, 1.54) is 11.0 Å².